The van der Waals surface area contributed by atoms with E-state index in [9.17, 15) is 0 Å². The van der Waals surface area contributed by atoms with Crippen molar-refractivity contribution >= 4 is 22.9 Å². The minimum atomic E-state index is 0.740. The topological polar surface area (TPSA) is 19.0 Å². The number of nitrogens with zero attached hydrogens (tertiary/aromatic N) is 3. The van der Waals surface area contributed by atoms with E-state index >= 15 is 0 Å². The molecule has 2 saturated heterocycles. The molecule has 0 aromatic heterocycles. The van der Waals surface area contributed by atoms with Gasteiger partial charge in [0, 0.05) is 80.5 Å². The van der Waals surface area contributed by atoms with E-state index in [0.29, 0.717) is 0 Å². The van der Waals surface area contributed by atoms with Gasteiger partial charge in [-0.25, -0.2) is 3.11 Å². The van der Waals surface area contributed by atoms with Crippen molar-refractivity contribution in [1.82, 2.24) is 12.9 Å². The number of piperidine rings is 1. The van der Waals surface area contributed by atoms with E-state index in [1.54, 1.807) is 12.8 Å². The van der Waals surface area contributed by atoms with Gasteiger partial charge in [-0.15, -0.1) is 0 Å². The van der Waals surface area contributed by atoms with E-state index in [-0.39, 0.29) is 0 Å². The molecular weight excluding hydrogens is 353 g/mol. The van der Waals surface area contributed by atoms with Crippen molar-refractivity contribution in [3.63, 3.8) is 0 Å². The first-order chi connectivity index (χ1) is 9.28. The van der Waals surface area contributed by atoms with Gasteiger partial charge in [0.15, 0.2) is 0 Å². The van der Waals surface area contributed by atoms with Gasteiger partial charge in [-0.1, -0.05) is 6.08 Å². The number of halogens is 1. The molecule has 2 bridgehead atoms. The predicted octanol–water partition coefficient (Wildman–Crippen LogP) is 1.72. The van der Waals surface area contributed by atoms with Gasteiger partial charge in [0.05, 0.1) is 6.61 Å². The molecule has 0 amide bonds. The summed E-state index contributed by atoms with van der Waals surface area (Å²) in [6.45, 7) is 6.82. The van der Waals surface area contributed by atoms with Crippen LogP contribution >= 0.6 is 22.9 Å². The average molecular weight is 377 g/mol. The third-order valence-corrected chi connectivity index (χ3v) is 5.85. The molecule has 0 aromatic rings. The molecule has 0 radical (unpaired) electrons. The fraction of sp³-hybridized carbons (Fsp3) is 0.857. The standard InChI is InChI=1S/C14H24IN3O/c1-19-9-8-16-6-4-12(5-7-16)17-10-14-3-2-13(17)11-18(14)15/h2,12,14H,3-11H2,1H3/t14-/m1/s1. The fourth-order valence-electron chi connectivity index (χ4n) is 3.51. The van der Waals surface area contributed by atoms with E-state index in [0.717, 1.165) is 31.8 Å². The quantitative estimate of drug-likeness (QED) is 0.549. The molecule has 0 saturated carbocycles. The van der Waals surface area contributed by atoms with Crippen molar-refractivity contribution < 1.29 is 4.74 Å². The van der Waals surface area contributed by atoms with Crippen molar-refractivity contribution in [3.8, 4) is 0 Å². The fourth-order valence-corrected chi connectivity index (χ4v) is 4.26. The zero-order valence-corrected chi connectivity index (χ0v) is 13.9. The molecule has 0 N–H and O–H groups in total. The molecule has 0 aliphatic carbocycles. The van der Waals surface area contributed by atoms with Crippen LogP contribution in [0.2, 0.25) is 0 Å². The minimum Gasteiger partial charge on any atom is -0.383 e. The second-order valence-electron chi connectivity index (χ2n) is 5.86. The number of piperazine rings is 1. The summed E-state index contributed by atoms with van der Waals surface area (Å²) < 4.78 is 7.66. The van der Waals surface area contributed by atoms with Gasteiger partial charge in [-0.05, 0) is 19.3 Å². The molecule has 108 valence electrons. The highest BCUT2D eigenvalue weighted by molar-refractivity contribution is 14.1. The molecule has 4 rings (SSSR count). The Morgan fingerprint density at radius 1 is 1.32 bits per heavy atom. The van der Waals surface area contributed by atoms with Gasteiger partial charge in [-0.3, -0.25) is 0 Å². The molecule has 0 aromatic carbocycles. The van der Waals surface area contributed by atoms with Crippen LogP contribution in [0.25, 0.3) is 0 Å². The zero-order chi connectivity index (χ0) is 13.2. The van der Waals surface area contributed by atoms with Gasteiger partial charge in [0.25, 0.3) is 0 Å². The number of rotatable bonds is 4. The lowest BCUT2D eigenvalue weighted by atomic mass is 9.95. The highest BCUT2D eigenvalue weighted by Gasteiger charge is 2.36. The van der Waals surface area contributed by atoms with Crippen LogP contribution < -0.4 is 0 Å². The lowest BCUT2D eigenvalue weighted by Crippen LogP contribution is -2.56. The van der Waals surface area contributed by atoms with Crippen molar-refractivity contribution in [2.75, 3.05) is 46.4 Å². The summed E-state index contributed by atoms with van der Waals surface area (Å²) in [6, 6.07) is 1.52. The molecule has 5 heteroatoms. The third-order valence-electron chi connectivity index (χ3n) is 4.72. The molecule has 4 aliphatic rings. The SMILES string of the molecule is COCCN1CCC(N2C[C@H]3CC=C2CN3I)CC1. The van der Waals surface area contributed by atoms with Crippen LogP contribution in [0, 0.1) is 0 Å². The lowest BCUT2D eigenvalue weighted by molar-refractivity contribution is 0.0737. The van der Waals surface area contributed by atoms with E-state index in [4.69, 9.17) is 4.74 Å². The molecule has 2 fully saturated rings. The van der Waals surface area contributed by atoms with E-state index in [1.165, 1.54) is 38.9 Å². The first-order valence-electron chi connectivity index (χ1n) is 7.37. The van der Waals surface area contributed by atoms with E-state index < -0.39 is 0 Å². The lowest BCUT2D eigenvalue weighted by Gasteiger charge is -2.50. The number of methoxy groups -OCH3 is 1. The summed E-state index contributed by atoms with van der Waals surface area (Å²) in [6.07, 6.45) is 6.35. The maximum atomic E-state index is 5.17. The van der Waals surface area contributed by atoms with Crippen LogP contribution in [0.15, 0.2) is 11.8 Å². The average Bonchev–Trinajstić information content (AvgIpc) is 2.46. The summed E-state index contributed by atoms with van der Waals surface area (Å²) in [5.74, 6) is 0. The largest absolute Gasteiger partial charge is 0.383 e. The van der Waals surface area contributed by atoms with Crippen LogP contribution in [-0.4, -0.2) is 71.4 Å². The maximum Gasteiger partial charge on any atom is 0.0589 e. The van der Waals surface area contributed by atoms with Crippen LogP contribution in [0.4, 0.5) is 0 Å². The summed E-state index contributed by atoms with van der Waals surface area (Å²) in [4.78, 5) is 5.25. The second kappa shape index (κ2) is 6.28. The Kier molecular flexibility index (Phi) is 4.66. The first-order valence-corrected chi connectivity index (χ1v) is 8.34. The van der Waals surface area contributed by atoms with Crippen LogP contribution in [-0.2, 0) is 4.74 Å². The summed E-state index contributed by atoms with van der Waals surface area (Å²) in [7, 11) is 1.79. The summed E-state index contributed by atoms with van der Waals surface area (Å²) in [5, 5.41) is 0. The summed E-state index contributed by atoms with van der Waals surface area (Å²) in [5.41, 5.74) is 1.58. The molecule has 4 aliphatic heterocycles. The molecule has 0 unspecified atom stereocenters. The third kappa shape index (κ3) is 3.09. The Morgan fingerprint density at radius 3 is 2.68 bits per heavy atom. The molecule has 19 heavy (non-hydrogen) atoms. The molecular formula is C14H24IN3O. The molecule has 4 heterocycles. The Bertz CT molecular complexity index is 342. The van der Waals surface area contributed by atoms with E-state index in [2.05, 4.69) is 41.9 Å². The Labute approximate surface area is 130 Å². The van der Waals surface area contributed by atoms with Crippen molar-refractivity contribution in [2.45, 2.75) is 31.3 Å². The highest BCUT2D eigenvalue weighted by atomic mass is 127. The van der Waals surface area contributed by atoms with Gasteiger partial charge < -0.3 is 14.5 Å². The summed E-state index contributed by atoms with van der Waals surface area (Å²) >= 11 is 2.49. The zero-order valence-electron chi connectivity index (χ0n) is 11.7. The normalized spacial score (nSPS) is 29.9. The van der Waals surface area contributed by atoms with Gasteiger partial charge in [-0.2, -0.15) is 0 Å². The number of likely N-dealkylation sites (tertiary alicyclic amines) is 1. The Morgan fingerprint density at radius 2 is 2.11 bits per heavy atom. The van der Waals surface area contributed by atoms with Gasteiger partial charge in [0.1, 0.15) is 0 Å². The van der Waals surface area contributed by atoms with Crippen molar-refractivity contribution in [1.29, 1.82) is 0 Å². The second-order valence-corrected chi connectivity index (χ2v) is 7.10. The Balaban J connectivity index is 1.52. The van der Waals surface area contributed by atoms with Gasteiger partial charge in [0.2, 0.25) is 0 Å². The van der Waals surface area contributed by atoms with E-state index in [1.807, 2.05) is 0 Å². The smallest absolute Gasteiger partial charge is 0.0589 e. The van der Waals surface area contributed by atoms with Crippen LogP contribution in [0.3, 0.4) is 0 Å². The number of hydrogen-bond acceptors (Lipinski definition) is 4. The van der Waals surface area contributed by atoms with Crippen molar-refractivity contribution in [2.24, 2.45) is 0 Å². The number of hydrogen-bond donors (Lipinski definition) is 0. The first kappa shape index (κ1) is 14.1. The van der Waals surface area contributed by atoms with Gasteiger partial charge >= 0.3 is 0 Å². The monoisotopic (exact) mass is 377 g/mol. The highest BCUT2D eigenvalue weighted by Crippen LogP contribution is 2.33. The molecule has 1 atom stereocenters. The number of ether oxygens (including phenoxy) is 1. The van der Waals surface area contributed by atoms with Crippen LogP contribution in [0.5, 0.6) is 0 Å². The minimum absolute atomic E-state index is 0.740. The maximum absolute atomic E-state index is 5.17. The molecule has 4 nitrogen and oxygen atoms in total. The molecule has 0 spiro atoms. The Hall–Kier alpha value is 0.150. The predicted molar refractivity (Wildman–Crippen MR) is 85.3 cm³/mol. The van der Waals surface area contributed by atoms with Crippen LogP contribution in [0.1, 0.15) is 19.3 Å². The number of fused-ring (bicyclic) bond motifs is 3. The van der Waals surface area contributed by atoms with Crippen molar-refractivity contribution in [3.05, 3.63) is 11.8 Å².